The van der Waals surface area contributed by atoms with E-state index >= 15 is 0 Å². The topological polar surface area (TPSA) is 12.0 Å². The fourth-order valence-corrected chi connectivity index (χ4v) is 3.42. The summed E-state index contributed by atoms with van der Waals surface area (Å²) >= 11 is 3.52. The van der Waals surface area contributed by atoms with E-state index in [9.17, 15) is 0 Å². The molecule has 2 heteroatoms. The maximum absolute atomic E-state index is 3.74. The molecule has 2 unspecified atom stereocenters. The second-order valence-corrected chi connectivity index (χ2v) is 6.50. The molecule has 0 spiro atoms. The Morgan fingerprint density at radius 2 is 2.06 bits per heavy atom. The molecule has 1 N–H and O–H groups in total. The SMILES string of the molecule is CCC1CCCC(Nc2ccc(Br)cc2C)CC1. The maximum Gasteiger partial charge on any atom is 0.0372 e. The lowest BCUT2D eigenvalue weighted by Crippen LogP contribution is -2.19. The van der Waals surface area contributed by atoms with Crippen molar-refractivity contribution in [2.24, 2.45) is 5.92 Å². The molecule has 0 amide bonds. The van der Waals surface area contributed by atoms with Crippen LogP contribution in [-0.4, -0.2) is 6.04 Å². The van der Waals surface area contributed by atoms with Crippen molar-refractivity contribution in [2.45, 2.75) is 58.4 Å². The molecule has 1 saturated carbocycles. The highest BCUT2D eigenvalue weighted by atomic mass is 79.9. The van der Waals surface area contributed by atoms with Gasteiger partial charge in [-0.25, -0.2) is 0 Å². The smallest absolute Gasteiger partial charge is 0.0372 e. The third kappa shape index (κ3) is 3.74. The Labute approximate surface area is 119 Å². The highest BCUT2D eigenvalue weighted by molar-refractivity contribution is 9.10. The minimum atomic E-state index is 0.668. The molecule has 1 nitrogen and oxygen atoms in total. The summed E-state index contributed by atoms with van der Waals surface area (Å²) in [6, 6.07) is 7.18. The van der Waals surface area contributed by atoms with Crippen LogP contribution in [0.3, 0.4) is 0 Å². The fraction of sp³-hybridized carbons (Fsp3) is 0.625. The number of aryl methyl sites for hydroxylation is 1. The van der Waals surface area contributed by atoms with Gasteiger partial charge < -0.3 is 5.32 Å². The van der Waals surface area contributed by atoms with E-state index in [1.807, 2.05) is 0 Å². The van der Waals surface area contributed by atoms with Crippen LogP contribution in [0.1, 0.15) is 51.0 Å². The number of rotatable bonds is 3. The number of benzene rings is 1. The second-order valence-electron chi connectivity index (χ2n) is 5.58. The first-order valence-electron chi connectivity index (χ1n) is 7.21. The molecule has 0 aliphatic heterocycles. The van der Waals surface area contributed by atoms with Gasteiger partial charge in [0.05, 0.1) is 0 Å². The van der Waals surface area contributed by atoms with Crippen LogP contribution in [-0.2, 0) is 0 Å². The lowest BCUT2D eigenvalue weighted by atomic mass is 9.98. The summed E-state index contributed by atoms with van der Waals surface area (Å²) in [5.74, 6) is 0.961. The van der Waals surface area contributed by atoms with E-state index in [-0.39, 0.29) is 0 Å². The van der Waals surface area contributed by atoms with Crippen molar-refractivity contribution in [3.8, 4) is 0 Å². The van der Waals surface area contributed by atoms with E-state index in [1.54, 1.807) is 0 Å². The number of nitrogens with one attached hydrogen (secondary N) is 1. The Balaban J connectivity index is 1.96. The number of anilines is 1. The number of hydrogen-bond donors (Lipinski definition) is 1. The average Bonchev–Trinajstić information content (AvgIpc) is 2.58. The highest BCUT2D eigenvalue weighted by Crippen LogP contribution is 2.28. The molecule has 0 saturated heterocycles. The maximum atomic E-state index is 3.74. The van der Waals surface area contributed by atoms with Crippen molar-refractivity contribution in [1.29, 1.82) is 0 Å². The van der Waals surface area contributed by atoms with Crippen LogP contribution in [0.2, 0.25) is 0 Å². The molecule has 1 aliphatic carbocycles. The van der Waals surface area contributed by atoms with Crippen molar-refractivity contribution >= 4 is 21.6 Å². The van der Waals surface area contributed by atoms with Gasteiger partial charge in [-0.15, -0.1) is 0 Å². The third-order valence-electron chi connectivity index (χ3n) is 4.21. The summed E-state index contributed by atoms with van der Waals surface area (Å²) in [4.78, 5) is 0. The number of hydrogen-bond acceptors (Lipinski definition) is 1. The molecule has 0 radical (unpaired) electrons. The number of halogens is 1. The zero-order valence-electron chi connectivity index (χ0n) is 11.5. The molecule has 18 heavy (non-hydrogen) atoms. The second kappa shape index (κ2) is 6.60. The Bertz CT molecular complexity index is 389. The van der Waals surface area contributed by atoms with Crippen LogP contribution in [0.25, 0.3) is 0 Å². The molecule has 0 aromatic heterocycles. The van der Waals surface area contributed by atoms with Gasteiger partial charge in [-0.1, -0.05) is 42.1 Å². The largest absolute Gasteiger partial charge is 0.382 e. The summed E-state index contributed by atoms with van der Waals surface area (Å²) in [6.07, 6.45) is 8.20. The van der Waals surface area contributed by atoms with Gasteiger partial charge >= 0.3 is 0 Å². The highest BCUT2D eigenvalue weighted by Gasteiger charge is 2.17. The van der Waals surface area contributed by atoms with Gasteiger partial charge in [0.1, 0.15) is 0 Å². The minimum absolute atomic E-state index is 0.668. The lowest BCUT2D eigenvalue weighted by Gasteiger charge is -2.19. The van der Waals surface area contributed by atoms with Crippen LogP contribution in [0.5, 0.6) is 0 Å². The first-order valence-corrected chi connectivity index (χ1v) is 8.01. The fourth-order valence-electron chi connectivity index (χ4n) is 2.94. The standard InChI is InChI=1S/C16H24BrN/c1-3-13-5-4-6-15(9-7-13)18-16-10-8-14(17)11-12(16)2/h8,10-11,13,15,18H,3-7,9H2,1-2H3. The van der Waals surface area contributed by atoms with Crippen LogP contribution in [0.15, 0.2) is 22.7 Å². The average molecular weight is 310 g/mol. The van der Waals surface area contributed by atoms with Crippen molar-refractivity contribution < 1.29 is 0 Å². The molecule has 1 aromatic rings. The Morgan fingerprint density at radius 3 is 2.78 bits per heavy atom. The van der Waals surface area contributed by atoms with Gasteiger partial charge in [-0.05, 0) is 55.9 Å². The molecule has 2 rings (SSSR count). The van der Waals surface area contributed by atoms with Gasteiger partial charge in [-0.2, -0.15) is 0 Å². The Morgan fingerprint density at radius 1 is 1.22 bits per heavy atom. The first-order chi connectivity index (χ1) is 8.69. The van der Waals surface area contributed by atoms with Gasteiger partial charge in [0.2, 0.25) is 0 Å². The quantitative estimate of drug-likeness (QED) is 0.724. The molecule has 2 atom stereocenters. The van der Waals surface area contributed by atoms with E-state index in [1.165, 1.54) is 49.8 Å². The van der Waals surface area contributed by atoms with E-state index < -0.39 is 0 Å². The minimum Gasteiger partial charge on any atom is -0.382 e. The van der Waals surface area contributed by atoms with Crippen molar-refractivity contribution in [2.75, 3.05) is 5.32 Å². The molecular weight excluding hydrogens is 286 g/mol. The summed E-state index contributed by atoms with van der Waals surface area (Å²) < 4.78 is 1.16. The molecule has 0 heterocycles. The van der Waals surface area contributed by atoms with Crippen LogP contribution in [0.4, 0.5) is 5.69 Å². The zero-order valence-corrected chi connectivity index (χ0v) is 13.1. The summed E-state index contributed by atoms with van der Waals surface area (Å²) in [5.41, 5.74) is 2.64. The van der Waals surface area contributed by atoms with Crippen molar-refractivity contribution in [3.63, 3.8) is 0 Å². The molecule has 1 aromatic carbocycles. The Kier molecular flexibility index (Phi) is 5.11. The predicted molar refractivity (Wildman–Crippen MR) is 83.2 cm³/mol. The van der Waals surface area contributed by atoms with Gasteiger partial charge in [-0.3, -0.25) is 0 Å². The van der Waals surface area contributed by atoms with Gasteiger partial charge in [0.15, 0.2) is 0 Å². The monoisotopic (exact) mass is 309 g/mol. The van der Waals surface area contributed by atoms with E-state index in [2.05, 4.69) is 53.3 Å². The van der Waals surface area contributed by atoms with Crippen LogP contribution in [0, 0.1) is 12.8 Å². The lowest BCUT2D eigenvalue weighted by molar-refractivity contribution is 0.444. The van der Waals surface area contributed by atoms with E-state index in [0.29, 0.717) is 6.04 Å². The Hall–Kier alpha value is -0.500. The molecular formula is C16H24BrN. The zero-order chi connectivity index (χ0) is 13.0. The molecule has 1 aliphatic rings. The first kappa shape index (κ1) is 13.9. The van der Waals surface area contributed by atoms with Crippen LogP contribution >= 0.6 is 15.9 Å². The molecule has 0 bridgehead atoms. The molecule has 100 valence electrons. The predicted octanol–water partition coefficient (Wildman–Crippen LogP) is 5.53. The normalized spacial score (nSPS) is 24.6. The summed E-state index contributed by atoms with van der Waals surface area (Å²) in [7, 11) is 0. The van der Waals surface area contributed by atoms with Crippen molar-refractivity contribution in [1.82, 2.24) is 0 Å². The van der Waals surface area contributed by atoms with E-state index in [0.717, 1.165) is 10.4 Å². The van der Waals surface area contributed by atoms with Crippen LogP contribution < -0.4 is 5.32 Å². The van der Waals surface area contributed by atoms with E-state index in [4.69, 9.17) is 0 Å². The molecule has 1 fully saturated rings. The third-order valence-corrected chi connectivity index (χ3v) is 4.71. The van der Waals surface area contributed by atoms with Gasteiger partial charge in [0.25, 0.3) is 0 Å². The van der Waals surface area contributed by atoms with Gasteiger partial charge in [0, 0.05) is 16.2 Å². The summed E-state index contributed by atoms with van der Waals surface area (Å²) in [5, 5.41) is 3.74. The summed E-state index contributed by atoms with van der Waals surface area (Å²) in [6.45, 7) is 4.51. The van der Waals surface area contributed by atoms with Crippen molar-refractivity contribution in [3.05, 3.63) is 28.2 Å².